The highest BCUT2D eigenvalue weighted by Crippen LogP contribution is 2.32. The highest BCUT2D eigenvalue weighted by molar-refractivity contribution is 6.02. The maximum atomic E-state index is 12.7. The van der Waals surface area contributed by atoms with E-state index in [2.05, 4.69) is 10.1 Å². The molecule has 1 fully saturated rings. The van der Waals surface area contributed by atoms with Crippen molar-refractivity contribution in [3.05, 3.63) is 41.9 Å². The van der Waals surface area contributed by atoms with E-state index in [1.807, 2.05) is 5.32 Å². The van der Waals surface area contributed by atoms with Gasteiger partial charge in [-0.1, -0.05) is 12.1 Å². The average molecular weight is 338 g/mol. The van der Waals surface area contributed by atoms with Crippen LogP contribution in [0.5, 0.6) is 0 Å². The highest BCUT2D eigenvalue weighted by atomic mass is 19.4. The number of benzene rings is 1. The molecule has 1 aliphatic rings. The molecule has 3 rings (SSSR count). The van der Waals surface area contributed by atoms with Crippen LogP contribution in [0.2, 0.25) is 0 Å². The first-order chi connectivity index (χ1) is 11.3. The molecular weight excluding hydrogens is 329 g/mol. The summed E-state index contributed by atoms with van der Waals surface area (Å²) < 4.78 is 43.4. The number of carbonyl (C=O) groups excluding carboxylic acids is 2. The summed E-state index contributed by atoms with van der Waals surface area (Å²) in [7, 11) is 0. The van der Waals surface area contributed by atoms with Gasteiger partial charge in [0, 0.05) is 5.56 Å². The van der Waals surface area contributed by atoms with Gasteiger partial charge in [-0.3, -0.25) is 10.1 Å². The third kappa shape index (κ3) is 3.26. The molecule has 24 heavy (non-hydrogen) atoms. The first kappa shape index (κ1) is 15.7. The Kier molecular flexibility index (Phi) is 3.80. The second-order valence-electron chi connectivity index (χ2n) is 4.80. The van der Waals surface area contributed by atoms with Gasteiger partial charge in [0.15, 0.2) is 5.76 Å². The van der Waals surface area contributed by atoms with Crippen LogP contribution in [0.1, 0.15) is 11.5 Å². The van der Waals surface area contributed by atoms with Crippen molar-refractivity contribution in [2.45, 2.75) is 6.18 Å². The second kappa shape index (κ2) is 5.80. The van der Waals surface area contributed by atoms with Crippen LogP contribution in [-0.2, 0) is 11.0 Å². The molecule has 7 nitrogen and oxygen atoms in total. The van der Waals surface area contributed by atoms with E-state index >= 15 is 0 Å². The first-order valence-corrected chi connectivity index (χ1v) is 6.62. The standard InChI is InChI=1S/C14H9F3N4O3/c15-14(16,17)9-3-1-2-8(4-9)10-5-18-12(24-10)6-19-21-7-11(22)20-13(21)23/h1-6H,7H2,(H,20,22,23)/b19-6+. The van der Waals surface area contributed by atoms with Gasteiger partial charge in [-0.2, -0.15) is 18.3 Å². The normalized spacial score (nSPS) is 15.4. The van der Waals surface area contributed by atoms with Crippen LogP contribution in [0.15, 0.2) is 40.0 Å². The number of aromatic nitrogens is 1. The topological polar surface area (TPSA) is 87.8 Å². The van der Waals surface area contributed by atoms with Gasteiger partial charge >= 0.3 is 12.2 Å². The Bertz CT molecular complexity index is 829. The van der Waals surface area contributed by atoms with Gasteiger partial charge in [-0.15, -0.1) is 0 Å². The minimum atomic E-state index is -4.46. The third-order valence-electron chi connectivity index (χ3n) is 3.08. The van der Waals surface area contributed by atoms with Gasteiger partial charge in [0.05, 0.1) is 11.8 Å². The Morgan fingerprint density at radius 2 is 2.12 bits per heavy atom. The maximum Gasteiger partial charge on any atom is 0.416 e. The molecule has 1 saturated heterocycles. The van der Waals surface area contributed by atoms with Gasteiger partial charge in [-0.25, -0.2) is 14.8 Å². The fourth-order valence-electron chi connectivity index (χ4n) is 1.97. The summed E-state index contributed by atoms with van der Waals surface area (Å²) in [5.41, 5.74) is -0.607. The monoisotopic (exact) mass is 338 g/mol. The minimum absolute atomic E-state index is 0.0189. The number of nitrogens with one attached hydrogen (secondary N) is 1. The number of urea groups is 1. The first-order valence-electron chi connectivity index (χ1n) is 6.62. The molecule has 0 saturated carbocycles. The number of nitrogens with zero attached hydrogens (tertiary/aromatic N) is 3. The molecule has 0 aliphatic carbocycles. The fourth-order valence-corrected chi connectivity index (χ4v) is 1.97. The van der Waals surface area contributed by atoms with Gasteiger partial charge in [0.2, 0.25) is 11.8 Å². The molecule has 3 amide bonds. The van der Waals surface area contributed by atoms with Gasteiger partial charge in [0.1, 0.15) is 12.8 Å². The van der Waals surface area contributed by atoms with Gasteiger partial charge < -0.3 is 4.42 Å². The van der Waals surface area contributed by atoms with Crippen molar-refractivity contribution in [2.24, 2.45) is 5.10 Å². The summed E-state index contributed by atoms with van der Waals surface area (Å²) in [4.78, 5) is 26.1. The average Bonchev–Trinajstić information content (AvgIpc) is 3.11. The van der Waals surface area contributed by atoms with E-state index in [9.17, 15) is 22.8 Å². The van der Waals surface area contributed by atoms with Crippen LogP contribution in [0.25, 0.3) is 11.3 Å². The van der Waals surface area contributed by atoms with Gasteiger partial charge in [0.25, 0.3) is 0 Å². The molecule has 0 radical (unpaired) electrons. The van der Waals surface area contributed by atoms with Gasteiger partial charge in [-0.05, 0) is 12.1 Å². The maximum absolute atomic E-state index is 12.7. The molecule has 0 atom stereocenters. The third-order valence-corrected chi connectivity index (χ3v) is 3.08. The molecular formula is C14H9F3N4O3. The van der Waals surface area contributed by atoms with Crippen LogP contribution in [0.3, 0.4) is 0 Å². The quantitative estimate of drug-likeness (QED) is 0.687. The molecule has 0 bridgehead atoms. The lowest BCUT2D eigenvalue weighted by atomic mass is 10.1. The number of carbonyl (C=O) groups is 2. The van der Waals surface area contributed by atoms with Crippen molar-refractivity contribution in [3.63, 3.8) is 0 Å². The molecule has 2 aromatic rings. The van der Waals surface area contributed by atoms with E-state index in [1.54, 1.807) is 0 Å². The molecule has 1 aromatic carbocycles. The van der Waals surface area contributed by atoms with Crippen LogP contribution in [-0.4, -0.2) is 34.7 Å². The summed E-state index contributed by atoms with van der Waals surface area (Å²) in [6.07, 6.45) is -2.13. The zero-order valence-corrected chi connectivity index (χ0v) is 11.9. The predicted molar refractivity (Wildman–Crippen MR) is 74.8 cm³/mol. The van der Waals surface area contributed by atoms with Crippen LogP contribution >= 0.6 is 0 Å². The minimum Gasteiger partial charge on any atom is -0.435 e. The number of rotatable bonds is 3. The Hall–Kier alpha value is -3.17. The molecule has 1 N–H and O–H groups in total. The summed E-state index contributed by atoms with van der Waals surface area (Å²) in [6, 6.07) is 3.91. The summed E-state index contributed by atoms with van der Waals surface area (Å²) >= 11 is 0. The zero-order valence-electron chi connectivity index (χ0n) is 11.9. The highest BCUT2D eigenvalue weighted by Gasteiger charge is 2.30. The molecule has 0 unspecified atom stereocenters. The molecule has 1 aromatic heterocycles. The summed E-state index contributed by atoms with van der Waals surface area (Å²) in [5.74, 6) is -0.395. The Morgan fingerprint density at radius 1 is 1.33 bits per heavy atom. The molecule has 2 heterocycles. The number of imide groups is 1. The SMILES string of the molecule is O=C1CN(/N=C/c2ncc(-c3cccc(C(F)(F)F)c3)o2)C(=O)N1. The molecule has 124 valence electrons. The number of hydrogen-bond donors (Lipinski definition) is 1. The van der Waals surface area contributed by atoms with E-state index < -0.39 is 23.7 Å². The summed E-state index contributed by atoms with van der Waals surface area (Å²) in [6.45, 7) is -0.226. The van der Waals surface area contributed by atoms with Crippen molar-refractivity contribution >= 4 is 18.2 Å². The summed E-state index contributed by atoms with van der Waals surface area (Å²) in [5, 5.41) is 6.63. The largest absolute Gasteiger partial charge is 0.435 e. The Balaban J connectivity index is 1.79. The number of halogens is 3. The number of hydrogen-bond acceptors (Lipinski definition) is 5. The Labute approximate surface area is 132 Å². The fraction of sp³-hybridized carbons (Fsp3) is 0.143. The van der Waals surface area contributed by atoms with E-state index in [-0.39, 0.29) is 23.8 Å². The zero-order chi connectivity index (χ0) is 17.3. The molecule has 0 spiro atoms. The second-order valence-corrected chi connectivity index (χ2v) is 4.80. The molecule has 1 aliphatic heterocycles. The number of oxazole rings is 1. The van der Waals surface area contributed by atoms with Crippen LogP contribution < -0.4 is 5.32 Å². The van der Waals surface area contributed by atoms with Crippen LogP contribution in [0.4, 0.5) is 18.0 Å². The number of alkyl halides is 3. The lowest BCUT2D eigenvalue weighted by Gasteiger charge is -2.07. The number of hydrazone groups is 1. The van der Waals surface area contributed by atoms with Crippen molar-refractivity contribution in [2.75, 3.05) is 6.54 Å². The Morgan fingerprint density at radius 3 is 2.79 bits per heavy atom. The smallest absolute Gasteiger partial charge is 0.416 e. The van der Waals surface area contributed by atoms with Crippen molar-refractivity contribution in [1.82, 2.24) is 15.3 Å². The van der Waals surface area contributed by atoms with E-state index in [0.29, 0.717) is 0 Å². The van der Waals surface area contributed by atoms with Crippen molar-refractivity contribution in [1.29, 1.82) is 0 Å². The van der Waals surface area contributed by atoms with E-state index in [0.717, 1.165) is 23.4 Å². The molecule has 10 heteroatoms. The van der Waals surface area contributed by atoms with Crippen molar-refractivity contribution < 1.29 is 27.2 Å². The van der Waals surface area contributed by atoms with Crippen molar-refractivity contribution in [3.8, 4) is 11.3 Å². The predicted octanol–water partition coefficient (Wildman–Crippen LogP) is 2.25. The lowest BCUT2D eigenvalue weighted by Crippen LogP contribution is -2.24. The van der Waals surface area contributed by atoms with E-state index in [1.165, 1.54) is 18.3 Å². The lowest BCUT2D eigenvalue weighted by molar-refractivity contribution is -0.137. The van der Waals surface area contributed by atoms with E-state index in [4.69, 9.17) is 4.42 Å². The number of amides is 3. The van der Waals surface area contributed by atoms with Crippen LogP contribution in [0, 0.1) is 0 Å².